The molecule has 33 heavy (non-hydrogen) atoms. The highest BCUT2D eigenvalue weighted by Crippen LogP contribution is 2.40. The zero-order chi connectivity index (χ0) is 22.6. The molecule has 1 N–H and O–H groups in total. The molecule has 0 saturated carbocycles. The van der Waals surface area contributed by atoms with E-state index in [0.29, 0.717) is 5.56 Å². The summed E-state index contributed by atoms with van der Waals surface area (Å²) in [6.07, 6.45) is 2.51. The summed E-state index contributed by atoms with van der Waals surface area (Å²) in [5.74, 6) is -0.134. The topological polar surface area (TPSA) is 54.9 Å². The highest BCUT2D eigenvalue weighted by molar-refractivity contribution is 7.99. The molecule has 0 aliphatic rings. The summed E-state index contributed by atoms with van der Waals surface area (Å²) in [5, 5.41) is 7.03. The van der Waals surface area contributed by atoms with Gasteiger partial charge in [0.1, 0.15) is 16.2 Å². The fraction of sp³-hybridized carbons (Fsp3) is 0.0741. The van der Waals surface area contributed by atoms with E-state index in [9.17, 15) is 4.79 Å². The van der Waals surface area contributed by atoms with Crippen LogP contribution >= 0.6 is 23.1 Å². The van der Waals surface area contributed by atoms with Gasteiger partial charge in [-0.1, -0.05) is 73.3 Å². The second-order valence-corrected chi connectivity index (χ2v) is 9.37. The smallest absolute Gasteiger partial charge is 0.256 e. The molecular formula is C27H21N3OS2. The number of nitrogens with one attached hydrogen (secondary N) is 1. The van der Waals surface area contributed by atoms with Crippen LogP contribution in [-0.2, 0) is 6.42 Å². The van der Waals surface area contributed by atoms with Gasteiger partial charge in [-0.05, 0) is 41.8 Å². The first-order chi connectivity index (χ1) is 16.2. The fourth-order valence-corrected chi connectivity index (χ4v) is 5.68. The summed E-state index contributed by atoms with van der Waals surface area (Å²) in [4.78, 5) is 24.0. The standard InChI is InChI=1S/C27H21N3OS2/c1-2-18-9-8-12-20(15-18)30-25(31)21-13-6-7-14-23(21)33-27-24-22(19-10-4-3-5-11-19)16-32-26(24)28-17-29-27/h3-17H,2H2,1H3,(H,30,31). The van der Waals surface area contributed by atoms with Crippen LogP contribution in [0, 0.1) is 0 Å². The summed E-state index contributed by atoms with van der Waals surface area (Å²) >= 11 is 3.10. The maximum absolute atomic E-state index is 13.2. The van der Waals surface area contributed by atoms with Gasteiger partial charge in [0, 0.05) is 21.5 Å². The lowest BCUT2D eigenvalue weighted by molar-refractivity contribution is 0.102. The van der Waals surface area contributed by atoms with Gasteiger partial charge in [0.25, 0.3) is 5.91 Å². The van der Waals surface area contributed by atoms with Crippen molar-refractivity contribution in [3.8, 4) is 11.1 Å². The van der Waals surface area contributed by atoms with Crippen LogP contribution in [0.25, 0.3) is 21.3 Å². The van der Waals surface area contributed by atoms with Crippen molar-refractivity contribution in [3.05, 3.63) is 102 Å². The van der Waals surface area contributed by atoms with Crippen molar-refractivity contribution in [2.75, 3.05) is 5.32 Å². The largest absolute Gasteiger partial charge is 0.322 e. The van der Waals surface area contributed by atoms with Gasteiger partial charge in [0.05, 0.1) is 10.9 Å². The van der Waals surface area contributed by atoms with Gasteiger partial charge in [-0.25, -0.2) is 9.97 Å². The number of amides is 1. The number of rotatable bonds is 6. The third-order valence-electron chi connectivity index (χ3n) is 5.35. The first-order valence-electron chi connectivity index (χ1n) is 10.7. The molecule has 0 fully saturated rings. The Kier molecular flexibility index (Phi) is 6.19. The predicted molar refractivity (Wildman–Crippen MR) is 137 cm³/mol. The molecule has 2 heterocycles. The van der Waals surface area contributed by atoms with E-state index in [-0.39, 0.29) is 5.91 Å². The summed E-state index contributed by atoms with van der Waals surface area (Å²) in [7, 11) is 0. The van der Waals surface area contributed by atoms with Crippen molar-refractivity contribution < 1.29 is 4.79 Å². The molecule has 4 nitrogen and oxygen atoms in total. The van der Waals surface area contributed by atoms with Crippen LogP contribution in [0.5, 0.6) is 0 Å². The van der Waals surface area contributed by atoms with E-state index in [4.69, 9.17) is 0 Å². The molecule has 0 aliphatic carbocycles. The minimum absolute atomic E-state index is 0.134. The highest BCUT2D eigenvalue weighted by atomic mass is 32.2. The van der Waals surface area contributed by atoms with E-state index in [1.165, 1.54) is 17.3 Å². The number of hydrogen-bond acceptors (Lipinski definition) is 5. The molecule has 0 saturated heterocycles. The van der Waals surface area contributed by atoms with Crippen LogP contribution in [0.2, 0.25) is 0 Å². The molecule has 6 heteroatoms. The van der Waals surface area contributed by atoms with Crippen molar-refractivity contribution in [2.24, 2.45) is 0 Å². The summed E-state index contributed by atoms with van der Waals surface area (Å²) in [6.45, 7) is 2.10. The average molecular weight is 468 g/mol. The zero-order valence-electron chi connectivity index (χ0n) is 18.0. The summed E-state index contributed by atoms with van der Waals surface area (Å²) < 4.78 is 0. The normalized spacial score (nSPS) is 10.9. The number of anilines is 1. The Morgan fingerprint density at radius 3 is 2.64 bits per heavy atom. The van der Waals surface area contributed by atoms with Crippen LogP contribution in [0.1, 0.15) is 22.8 Å². The maximum Gasteiger partial charge on any atom is 0.256 e. The summed E-state index contributed by atoms with van der Waals surface area (Å²) in [6, 6.07) is 25.9. The molecule has 2 aromatic heterocycles. The fourth-order valence-electron chi connectivity index (χ4n) is 3.67. The highest BCUT2D eigenvalue weighted by Gasteiger charge is 2.17. The van der Waals surface area contributed by atoms with Gasteiger partial charge in [0.2, 0.25) is 0 Å². The van der Waals surface area contributed by atoms with Gasteiger partial charge < -0.3 is 5.32 Å². The number of aryl methyl sites for hydroxylation is 1. The third kappa shape index (κ3) is 4.53. The van der Waals surface area contributed by atoms with Gasteiger partial charge >= 0.3 is 0 Å². The number of hydrogen-bond donors (Lipinski definition) is 1. The van der Waals surface area contributed by atoms with E-state index in [2.05, 4.69) is 45.8 Å². The second kappa shape index (κ2) is 9.57. The number of fused-ring (bicyclic) bond motifs is 1. The van der Waals surface area contributed by atoms with Gasteiger partial charge in [-0.15, -0.1) is 11.3 Å². The Morgan fingerprint density at radius 2 is 1.79 bits per heavy atom. The zero-order valence-corrected chi connectivity index (χ0v) is 19.6. The lowest BCUT2D eigenvalue weighted by atomic mass is 10.1. The Labute approximate surface area is 200 Å². The molecule has 0 aliphatic heterocycles. The SMILES string of the molecule is CCc1cccc(NC(=O)c2ccccc2Sc2ncnc3scc(-c4ccccc4)c23)c1. The Balaban J connectivity index is 1.50. The molecule has 0 radical (unpaired) electrons. The van der Waals surface area contributed by atoms with Crippen molar-refractivity contribution in [3.63, 3.8) is 0 Å². The Hall–Kier alpha value is -3.48. The molecule has 0 spiro atoms. The predicted octanol–water partition coefficient (Wildman–Crippen LogP) is 7.32. The van der Waals surface area contributed by atoms with E-state index in [0.717, 1.165) is 43.4 Å². The first kappa shape index (κ1) is 21.4. The maximum atomic E-state index is 13.2. The molecular weight excluding hydrogens is 446 g/mol. The third-order valence-corrected chi connectivity index (χ3v) is 7.32. The molecule has 5 aromatic rings. The molecule has 1 amide bonds. The number of thiophene rings is 1. The minimum Gasteiger partial charge on any atom is -0.322 e. The number of carbonyl (C=O) groups excluding carboxylic acids is 1. The molecule has 0 unspecified atom stereocenters. The van der Waals surface area contributed by atoms with Crippen LogP contribution in [0.4, 0.5) is 5.69 Å². The average Bonchev–Trinajstić information content (AvgIpc) is 3.30. The summed E-state index contributed by atoms with van der Waals surface area (Å²) in [5.41, 5.74) is 4.84. The molecule has 0 atom stereocenters. The lowest BCUT2D eigenvalue weighted by Crippen LogP contribution is -2.13. The second-order valence-electron chi connectivity index (χ2n) is 7.48. The minimum atomic E-state index is -0.134. The first-order valence-corrected chi connectivity index (χ1v) is 12.4. The number of benzene rings is 3. The quantitative estimate of drug-likeness (QED) is 0.266. The van der Waals surface area contributed by atoms with Crippen LogP contribution in [-0.4, -0.2) is 15.9 Å². The van der Waals surface area contributed by atoms with Crippen molar-refractivity contribution in [1.82, 2.24) is 9.97 Å². The number of aromatic nitrogens is 2. The molecule has 0 bridgehead atoms. The van der Waals surface area contributed by atoms with Crippen molar-refractivity contribution in [2.45, 2.75) is 23.3 Å². The van der Waals surface area contributed by atoms with E-state index < -0.39 is 0 Å². The molecule has 3 aromatic carbocycles. The van der Waals surface area contributed by atoms with E-state index in [1.54, 1.807) is 17.7 Å². The Bertz CT molecular complexity index is 1430. The number of nitrogens with zero attached hydrogens (tertiary/aromatic N) is 2. The van der Waals surface area contributed by atoms with E-state index in [1.807, 2.05) is 60.7 Å². The lowest BCUT2D eigenvalue weighted by Gasteiger charge is -2.11. The van der Waals surface area contributed by atoms with E-state index >= 15 is 0 Å². The number of carbonyl (C=O) groups is 1. The van der Waals surface area contributed by atoms with Crippen molar-refractivity contribution in [1.29, 1.82) is 0 Å². The van der Waals surface area contributed by atoms with Gasteiger partial charge in [-0.2, -0.15) is 0 Å². The molecule has 5 rings (SSSR count). The van der Waals surface area contributed by atoms with Crippen molar-refractivity contribution >= 4 is 44.9 Å². The van der Waals surface area contributed by atoms with Gasteiger partial charge in [-0.3, -0.25) is 4.79 Å². The van der Waals surface area contributed by atoms with Crippen LogP contribution < -0.4 is 5.32 Å². The van der Waals surface area contributed by atoms with Gasteiger partial charge in [0.15, 0.2) is 0 Å². The monoisotopic (exact) mass is 467 g/mol. The van der Waals surface area contributed by atoms with Crippen LogP contribution in [0.3, 0.4) is 0 Å². The Morgan fingerprint density at radius 1 is 0.970 bits per heavy atom. The molecule has 162 valence electrons. The van der Waals surface area contributed by atoms with Crippen LogP contribution in [0.15, 0.2) is 100 Å².